The first kappa shape index (κ1) is 8.82. The lowest BCUT2D eigenvalue weighted by Crippen LogP contribution is -2.06. The summed E-state index contributed by atoms with van der Waals surface area (Å²) in [7, 11) is 3.81. The second kappa shape index (κ2) is 4.58. The van der Waals surface area contributed by atoms with Crippen LogP contribution in [0.3, 0.4) is 0 Å². The van der Waals surface area contributed by atoms with Crippen LogP contribution in [0.5, 0.6) is 0 Å². The van der Waals surface area contributed by atoms with Crippen molar-refractivity contribution < 1.29 is 0 Å². The van der Waals surface area contributed by atoms with Gasteiger partial charge in [-0.15, -0.1) is 0 Å². The van der Waals surface area contributed by atoms with Crippen molar-refractivity contribution in [2.45, 2.75) is 6.42 Å². The van der Waals surface area contributed by atoms with E-state index in [4.69, 9.17) is 0 Å². The molecule has 1 N–H and O–H groups in total. The van der Waals surface area contributed by atoms with Crippen molar-refractivity contribution in [1.82, 2.24) is 15.1 Å². The van der Waals surface area contributed by atoms with Crippen LogP contribution >= 0.6 is 0 Å². The fourth-order valence-corrected chi connectivity index (χ4v) is 0.837. The minimum Gasteiger partial charge on any atom is -0.319 e. The van der Waals surface area contributed by atoms with E-state index in [0.29, 0.717) is 0 Å². The van der Waals surface area contributed by atoms with Gasteiger partial charge in [-0.1, -0.05) is 5.92 Å². The summed E-state index contributed by atoms with van der Waals surface area (Å²) in [5.41, 5.74) is 0.964. The standard InChI is InChI=1S/C9H13N3/c1-10-7-4-3-5-9-6-8-11-12(9)2/h6,8,10H,4,7H2,1-2H3. The summed E-state index contributed by atoms with van der Waals surface area (Å²) in [5, 5.41) is 7.05. The summed E-state index contributed by atoms with van der Waals surface area (Å²) >= 11 is 0. The zero-order chi connectivity index (χ0) is 8.81. The normalized spacial score (nSPS) is 9.17. The molecule has 64 valence electrons. The van der Waals surface area contributed by atoms with Gasteiger partial charge in [0.1, 0.15) is 5.69 Å². The molecule has 1 heterocycles. The van der Waals surface area contributed by atoms with Gasteiger partial charge in [-0.3, -0.25) is 4.68 Å². The Morgan fingerprint density at radius 2 is 2.50 bits per heavy atom. The fourth-order valence-electron chi connectivity index (χ4n) is 0.837. The third kappa shape index (κ3) is 2.40. The van der Waals surface area contributed by atoms with Crippen LogP contribution < -0.4 is 5.32 Å². The van der Waals surface area contributed by atoms with Crippen molar-refractivity contribution in [1.29, 1.82) is 0 Å². The second-order valence-electron chi connectivity index (χ2n) is 2.50. The fraction of sp³-hybridized carbons (Fsp3) is 0.444. The number of nitrogens with zero attached hydrogens (tertiary/aromatic N) is 2. The maximum absolute atomic E-state index is 4.01. The Bertz CT molecular complexity index is 290. The maximum Gasteiger partial charge on any atom is 0.110 e. The third-order valence-electron chi connectivity index (χ3n) is 1.54. The first-order chi connectivity index (χ1) is 5.84. The molecule has 0 radical (unpaired) electrons. The van der Waals surface area contributed by atoms with Crippen LogP contribution in [0.15, 0.2) is 12.3 Å². The van der Waals surface area contributed by atoms with Gasteiger partial charge in [-0.2, -0.15) is 5.10 Å². The predicted molar refractivity (Wildman–Crippen MR) is 48.6 cm³/mol. The lowest BCUT2D eigenvalue weighted by atomic mass is 10.3. The van der Waals surface area contributed by atoms with Gasteiger partial charge >= 0.3 is 0 Å². The Labute approximate surface area is 72.8 Å². The monoisotopic (exact) mass is 163 g/mol. The smallest absolute Gasteiger partial charge is 0.110 e. The van der Waals surface area contributed by atoms with Gasteiger partial charge < -0.3 is 5.32 Å². The van der Waals surface area contributed by atoms with E-state index in [1.807, 2.05) is 20.2 Å². The molecule has 0 aliphatic carbocycles. The average Bonchev–Trinajstić information content (AvgIpc) is 2.46. The molecule has 0 saturated heterocycles. The molecule has 0 bridgehead atoms. The van der Waals surface area contributed by atoms with Gasteiger partial charge in [0.25, 0.3) is 0 Å². The highest BCUT2D eigenvalue weighted by atomic mass is 15.2. The van der Waals surface area contributed by atoms with E-state index in [9.17, 15) is 0 Å². The number of aromatic nitrogens is 2. The summed E-state index contributed by atoms with van der Waals surface area (Å²) in [4.78, 5) is 0. The highest BCUT2D eigenvalue weighted by Gasteiger charge is 1.89. The van der Waals surface area contributed by atoms with Crippen molar-refractivity contribution in [2.24, 2.45) is 7.05 Å². The van der Waals surface area contributed by atoms with Crippen molar-refractivity contribution in [2.75, 3.05) is 13.6 Å². The number of aryl methyl sites for hydroxylation is 1. The molecule has 0 fully saturated rings. The topological polar surface area (TPSA) is 29.9 Å². The van der Waals surface area contributed by atoms with Gasteiger partial charge in [0.15, 0.2) is 0 Å². The summed E-state index contributed by atoms with van der Waals surface area (Å²) < 4.78 is 1.77. The van der Waals surface area contributed by atoms with E-state index in [0.717, 1.165) is 18.7 Å². The predicted octanol–water partition coefficient (Wildman–Crippen LogP) is 0.381. The van der Waals surface area contributed by atoms with Crippen molar-refractivity contribution in [3.8, 4) is 11.8 Å². The molecule has 0 spiro atoms. The lowest BCUT2D eigenvalue weighted by molar-refractivity contribution is 0.757. The average molecular weight is 163 g/mol. The maximum atomic E-state index is 4.01. The molecule has 0 aliphatic heterocycles. The van der Waals surface area contributed by atoms with E-state index in [2.05, 4.69) is 22.3 Å². The summed E-state index contributed by atoms with van der Waals surface area (Å²) in [6.07, 6.45) is 2.63. The Hall–Kier alpha value is -1.27. The number of nitrogens with one attached hydrogen (secondary N) is 1. The minimum atomic E-state index is 0.877. The number of rotatable bonds is 2. The van der Waals surface area contributed by atoms with E-state index in [1.165, 1.54) is 0 Å². The summed E-state index contributed by atoms with van der Waals surface area (Å²) in [6.45, 7) is 0.935. The number of hydrogen-bond acceptors (Lipinski definition) is 2. The van der Waals surface area contributed by atoms with Gasteiger partial charge in [-0.25, -0.2) is 0 Å². The Morgan fingerprint density at radius 1 is 1.67 bits per heavy atom. The molecule has 0 atom stereocenters. The second-order valence-corrected chi connectivity index (χ2v) is 2.50. The van der Waals surface area contributed by atoms with Crippen LogP contribution in [-0.4, -0.2) is 23.4 Å². The van der Waals surface area contributed by atoms with E-state index < -0.39 is 0 Å². The zero-order valence-corrected chi connectivity index (χ0v) is 7.46. The first-order valence-corrected chi connectivity index (χ1v) is 3.96. The Balaban J connectivity index is 2.49. The van der Waals surface area contributed by atoms with Crippen LogP contribution in [-0.2, 0) is 7.05 Å². The van der Waals surface area contributed by atoms with Crippen molar-refractivity contribution in [3.05, 3.63) is 18.0 Å². The minimum absolute atomic E-state index is 0.877. The molecular formula is C9H13N3. The Kier molecular flexibility index (Phi) is 3.36. The summed E-state index contributed by atoms with van der Waals surface area (Å²) in [6, 6.07) is 1.91. The molecule has 0 amide bonds. The quantitative estimate of drug-likeness (QED) is 0.504. The molecule has 1 rings (SSSR count). The SMILES string of the molecule is CNCCC#Cc1ccnn1C. The molecule has 1 aromatic heterocycles. The van der Waals surface area contributed by atoms with Crippen LogP contribution in [0, 0.1) is 11.8 Å². The molecule has 3 nitrogen and oxygen atoms in total. The molecule has 0 aliphatic rings. The van der Waals surface area contributed by atoms with Crippen molar-refractivity contribution >= 4 is 0 Å². The van der Waals surface area contributed by atoms with E-state index in [1.54, 1.807) is 10.9 Å². The largest absolute Gasteiger partial charge is 0.319 e. The third-order valence-corrected chi connectivity index (χ3v) is 1.54. The molecule has 3 heteroatoms. The molecule has 12 heavy (non-hydrogen) atoms. The van der Waals surface area contributed by atoms with Gasteiger partial charge in [0, 0.05) is 20.0 Å². The van der Waals surface area contributed by atoms with Gasteiger partial charge in [0.05, 0.1) is 6.20 Å². The number of hydrogen-bond donors (Lipinski definition) is 1. The van der Waals surface area contributed by atoms with E-state index >= 15 is 0 Å². The highest BCUT2D eigenvalue weighted by Crippen LogP contribution is 1.91. The van der Waals surface area contributed by atoms with Crippen molar-refractivity contribution in [3.63, 3.8) is 0 Å². The van der Waals surface area contributed by atoms with E-state index in [-0.39, 0.29) is 0 Å². The van der Waals surface area contributed by atoms with Crippen LogP contribution in [0.25, 0.3) is 0 Å². The lowest BCUT2D eigenvalue weighted by Gasteiger charge is -1.90. The molecule has 0 unspecified atom stereocenters. The Morgan fingerprint density at radius 3 is 3.08 bits per heavy atom. The molecule has 0 aromatic carbocycles. The molecule has 0 saturated carbocycles. The van der Waals surface area contributed by atoms with Crippen LogP contribution in [0.1, 0.15) is 12.1 Å². The van der Waals surface area contributed by atoms with Gasteiger partial charge in [-0.05, 0) is 19.0 Å². The first-order valence-electron chi connectivity index (χ1n) is 3.96. The molecular weight excluding hydrogens is 150 g/mol. The highest BCUT2D eigenvalue weighted by molar-refractivity contribution is 5.26. The van der Waals surface area contributed by atoms with Crippen LogP contribution in [0.4, 0.5) is 0 Å². The summed E-state index contributed by atoms with van der Waals surface area (Å²) in [5.74, 6) is 6.09. The molecule has 1 aromatic rings. The van der Waals surface area contributed by atoms with Gasteiger partial charge in [0.2, 0.25) is 0 Å². The zero-order valence-electron chi connectivity index (χ0n) is 7.46. The van der Waals surface area contributed by atoms with Crippen LogP contribution in [0.2, 0.25) is 0 Å².